The molecule has 7 heteroatoms. The summed E-state index contributed by atoms with van der Waals surface area (Å²) in [4.78, 5) is 14.7. The van der Waals surface area contributed by atoms with Gasteiger partial charge in [0, 0.05) is 20.1 Å². The molecule has 6 nitrogen and oxygen atoms in total. The Morgan fingerprint density at radius 3 is 2.12 bits per heavy atom. The van der Waals surface area contributed by atoms with Crippen molar-refractivity contribution >= 4 is 15.9 Å². The Hall–Kier alpha value is -3.16. The van der Waals surface area contributed by atoms with Crippen molar-refractivity contribution in [1.29, 1.82) is 0 Å². The Bertz CT molecular complexity index is 1150. The summed E-state index contributed by atoms with van der Waals surface area (Å²) in [5, 5.41) is 0. The van der Waals surface area contributed by atoms with Gasteiger partial charge in [-0.2, -0.15) is 4.31 Å². The maximum absolute atomic E-state index is 13.4. The second-order valence-electron chi connectivity index (χ2n) is 7.99. The number of carbonyl (C=O) groups is 1. The molecular formula is C26H30N2O4S. The van der Waals surface area contributed by atoms with Crippen LogP contribution >= 0.6 is 0 Å². The van der Waals surface area contributed by atoms with Gasteiger partial charge in [0.05, 0.1) is 18.6 Å². The van der Waals surface area contributed by atoms with E-state index in [2.05, 4.69) is 0 Å². The van der Waals surface area contributed by atoms with E-state index >= 15 is 0 Å². The number of hydrogen-bond acceptors (Lipinski definition) is 4. The van der Waals surface area contributed by atoms with Crippen molar-refractivity contribution < 1.29 is 17.9 Å². The van der Waals surface area contributed by atoms with Crippen LogP contribution in [0.4, 0.5) is 0 Å². The van der Waals surface area contributed by atoms with Crippen LogP contribution in [0.5, 0.6) is 5.75 Å². The summed E-state index contributed by atoms with van der Waals surface area (Å²) in [6.07, 6.45) is 0.515. The number of rotatable bonds is 10. The fourth-order valence-electron chi connectivity index (χ4n) is 3.41. The first-order chi connectivity index (χ1) is 15.8. The van der Waals surface area contributed by atoms with Crippen LogP contribution in [-0.2, 0) is 27.8 Å². The van der Waals surface area contributed by atoms with Gasteiger partial charge in [-0.3, -0.25) is 4.79 Å². The van der Waals surface area contributed by atoms with E-state index in [1.165, 1.54) is 4.31 Å². The first kappa shape index (κ1) is 24.5. The van der Waals surface area contributed by atoms with Crippen LogP contribution in [0.15, 0.2) is 83.8 Å². The fourth-order valence-corrected chi connectivity index (χ4v) is 4.80. The quantitative estimate of drug-likeness (QED) is 0.455. The number of hydrogen-bond donors (Lipinski definition) is 0. The molecule has 3 rings (SSSR count). The number of methoxy groups -OCH3 is 1. The standard InChI is InChI=1S/C26H30N2O4S/c1-21-9-15-25(16-10-21)33(30,31)28(18-17-22-7-5-4-6-8-22)20-26(29)27(2)19-23-11-13-24(32-3)14-12-23/h4-16H,17-20H2,1-3H3. The van der Waals surface area contributed by atoms with Gasteiger partial charge in [0.2, 0.25) is 15.9 Å². The third-order valence-electron chi connectivity index (χ3n) is 5.47. The van der Waals surface area contributed by atoms with E-state index in [0.717, 1.165) is 22.4 Å². The van der Waals surface area contributed by atoms with Crippen LogP contribution in [0.1, 0.15) is 16.7 Å². The topological polar surface area (TPSA) is 66.9 Å². The first-order valence-electron chi connectivity index (χ1n) is 10.8. The number of ether oxygens (including phenoxy) is 1. The maximum atomic E-state index is 13.4. The molecule has 174 valence electrons. The summed E-state index contributed by atoms with van der Waals surface area (Å²) in [6, 6.07) is 23.8. The Morgan fingerprint density at radius 1 is 0.879 bits per heavy atom. The summed E-state index contributed by atoms with van der Waals surface area (Å²) in [6.45, 7) is 2.26. The highest BCUT2D eigenvalue weighted by Crippen LogP contribution is 2.18. The molecule has 33 heavy (non-hydrogen) atoms. The molecule has 0 aliphatic heterocycles. The smallest absolute Gasteiger partial charge is 0.243 e. The molecule has 0 radical (unpaired) electrons. The summed E-state index contributed by atoms with van der Waals surface area (Å²) < 4.78 is 33.2. The zero-order valence-corrected chi connectivity index (χ0v) is 20.1. The lowest BCUT2D eigenvalue weighted by molar-refractivity contribution is -0.130. The fraction of sp³-hybridized carbons (Fsp3) is 0.269. The van der Waals surface area contributed by atoms with Crippen molar-refractivity contribution in [1.82, 2.24) is 9.21 Å². The molecule has 0 saturated heterocycles. The molecular weight excluding hydrogens is 436 g/mol. The molecule has 1 amide bonds. The number of sulfonamides is 1. The van der Waals surface area contributed by atoms with Gasteiger partial charge in [-0.1, -0.05) is 60.2 Å². The minimum absolute atomic E-state index is 0.187. The summed E-state index contributed by atoms with van der Waals surface area (Å²) in [5.74, 6) is 0.471. The van der Waals surface area contributed by atoms with Crippen LogP contribution in [-0.4, -0.2) is 50.8 Å². The van der Waals surface area contributed by atoms with Gasteiger partial charge in [0.25, 0.3) is 0 Å². The molecule has 0 aromatic heterocycles. The van der Waals surface area contributed by atoms with Crippen LogP contribution in [0.2, 0.25) is 0 Å². The molecule has 3 aromatic carbocycles. The normalized spacial score (nSPS) is 11.4. The predicted molar refractivity (Wildman–Crippen MR) is 130 cm³/mol. The lowest BCUT2D eigenvalue weighted by Gasteiger charge is -2.25. The van der Waals surface area contributed by atoms with E-state index in [0.29, 0.717) is 13.0 Å². The Balaban J connectivity index is 1.77. The summed E-state index contributed by atoms with van der Waals surface area (Å²) >= 11 is 0. The molecule has 0 fully saturated rings. The van der Waals surface area contributed by atoms with Crippen molar-refractivity contribution in [3.05, 3.63) is 95.6 Å². The molecule has 0 atom stereocenters. The lowest BCUT2D eigenvalue weighted by Crippen LogP contribution is -2.42. The lowest BCUT2D eigenvalue weighted by atomic mass is 10.1. The van der Waals surface area contributed by atoms with E-state index in [1.807, 2.05) is 61.5 Å². The van der Waals surface area contributed by atoms with Gasteiger partial charge in [0.15, 0.2) is 0 Å². The Labute approximate surface area is 196 Å². The number of amides is 1. The third kappa shape index (κ3) is 6.66. The van der Waals surface area contributed by atoms with Gasteiger partial charge in [-0.05, 0) is 48.7 Å². The van der Waals surface area contributed by atoms with Gasteiger partial charge in [-0.15, -0.1) is 0 Å². The van der Waals surface area contributed by atoms with Gasteiger partial charge in [0.1, 0.15) is 5.75 Å². The monoisotopic (exact) mass is 466 g/mol. The largest absolute Gasteiger partial charge is 0.497 e. The molecule has 0 aliphatic carbocycles. The first-order valence-corrected chi connectivity index (χ1v) is 12.2. The summed E-state index contributed by atoms with van der Waals surface area (Å²) in [5.41, 5.74) is 2.92. The SMILES string of the molecule is COc1ccc(CN(C)C(=O)CN(CCc2ccccc2)S(=O)(=O)c2ccc(C)cc2)cc1. The second kappa shape index (κ2) is 11.1. The average Bonchev–Trinajstić information content (AvgIpc) is 2.82. The summed E-state index contributed by atoms with van der Waals surface area (Å²) in [7, 11) is -0.548. The number of nitrogens with zero attached hydrogens (tertiary/aromatic N) is 2. The molecule has 0 heterocycles. The van der Waals surface area contributed by atoms with Gasteiger partial charge >= 0.3 is 0 Å². The van der Waals surface area contributed by atoms with E-state index < -0.39 is 10.0 Å². The Morgan fingerprint density at radius 2 is 1.52 bits per heavy atom. The molecule has 0 spiro atoms. The van der Waals surface area contributed by atoms with Crippen LogP contribution in [0.25, 0.3) is 0 Å². The average molecular weight is 467 g/mol. The van der Waals surface area contributed by atoms with Gasteiger partial charge < -0.3 is 9.64 Å². The van der Waals surface area contributed by atoms with Crippen LogP contribution < -0.4 is 4.74 Å². The molecule has 0 unspecified atom stereocenters. The molecule has 0 aliphatic rings. The van der Waals surface area contributed by atoms with Crippen LogP contribution in [0.3, 0.4) is 0 Å². The predicted octanol–water partition coefficient (Wildman–Crippen LogP) is 3.90. The van der Waals surface area contributed by atoms with Crippen molar-refractivity contribution in [3.63, 3.8) is 0 Å². The zero-order valence-electron chi connectivity index (χ0n) is 19.3. The number of aryl methyl sites for hydroxylation is 1. The van der Waals surface area contributed by atoms with E-state index in [-0.39, 0.29) is 23.9 Å². The van der Waals surface area contributed by atoms with Crippen molar-refractivity contribution in [2.45, 2.75) is 24.8 Å². The minimum Gasteiger partial charge on any atom is -0.497 e. The highest BCUT2D eigenvalue weighted by atomic mass is 32.2. The highest BCUT2D eigenvalue weighted by molar-refractivity contribution is 7.89. The highest BCUT2D eigenvalue weighted by Gasteiger charge is 2.27. The van der Waals surface area contributed by atoms with E-state index in [9.17, 15) is 13.2 Å². The van der Waals surface area contributed by atoms with E-state index in [1.54, 1.807) is 43.3 Å². The Kier molecular flexibility index (Phi) is 8.25. The minimum atomic E-state index is -3.83. The van der Waals surface area contributed by atoms with Crippen molar-refractivity contribution in [2.75, 3.05) is 27.2 Å². The molecule has 0 N–H and O–H groups in total. The number of carbonyl (C=O) groups excluding carboxylic acids is 1. The van der Waals surface area contributed by atoms with Crippen LogP contribution in [0, 0.1) is 6.92 Å². The third-order valence-corrected chi connectivity index (χ3v) is 7.33. The second-order valence-corrected chi connectivity index (χ2v) is 9.92. The number of likely N-dealkylation sites (N-methyl/N-ethyl adjacent to an activating group) is 1. The van der Waals surface area contributed by atoms with Gasteiger partial charge in [-0.25, -0.2) is 8.42 Å². The zero-order chi connectivity index (χ0) is 23.8. The molecule has 0 bridgehead atoms. The molecule has 0 saturated carbocycles. The van der Waals surface area contributed by atoms with E-state index in [4.69, 9.17) is 4.74 Å². The maximum Gasteiger partial charge on any atom is 0.243 e. The molecule has 3 aromatic rings. The number of benzene rings is 3. The van der Waals surface area contributed by atoms with Crippen molar-refractivity contribution in [2.24, 2.45) is 0 Å². The van der Waals surface area contributed by atoms with Crippen molar-refractivity contribution in [3.8, 4) is 5.75 Å².